The normalized spacial score (nSPS) is 16.1. The van der Waals surface area contributed by atoms with Crippen molar-refractivity contribution in [3.63, 3.8) is 0 Å². The zero-order chi connectivity index (χ0) is 16.8. The SMILES string of the molecule is COCCN(Cc1ccccc1)C(=O)C1COc2ccccc2C1. The summed E-state index contributed by atoms with van der Waals surface area (Å²) in [7, 11) is 1.66. The van der Waals surface area contributed by atoms with Crippen molar-refractivity contribution < 1.29 is 14.3 Å². The van der Waals surface area contributed by atoms with Gasteiger partial charge < -0.3 is 14.4 Å². The van der Waals surface area contributed by atoms with Gasteiger partial charge in [0.2, 0.25) is 5.91 Å². The summed E-state index contributed by atoms with van der Waals surface area (Å²) in [5.74, 6) is 0.888. The molecule has 2 aromatic rings. The zero-order valence-electron chi connectivity index (χ0n) is 14.0. The molecule has 0 bridgehead atoms. The minimum absolute atomic E-state index is 0.130. The third-order valence-corrected chi connectivity index (χ3v) is 4.32. The Hall–Kier alpha value is -2.33. The summed E-state index contributed by atoms with van der Waals surface area (Å²) in [6.07, 6.45) is 0.729. The number of carbonyl (C=O) groups excluding carboxylic acids is 1. The minimum atomic E-state index is -0.138. The maximum Gasteiger partial charge on any atom is 0.229 e. The molecule has 1 aliphatic rings. The van der Waals surface area contributed by atoms with Crippen LogP contribution in [0.3, 0.4) is 0 Å². The van der Waals surface area contributed by atoms with Gasteiger partial charge in [-0.25, -0.2) is 0 Å². The molecule has 0 saturated carbocycles. The van der Waals surface area contributed by atoms with E-state index in [2.05, 4.69) is 0 Å². The molecule has 1 heterocycles. The summed E-state index contributed by atoms with van der Waals surface area (Å²) >= 11 is 0. The Kier molecular flexibility index (Phi) is 5.49. The highest BCUT2D eigenvalue weighted by molar-refractivity contribution is 5.79. The van der Waals surface area contributed by atoms with Crippen LogP contribution in [0.15, 0.2) is 54.6 Å². The first-order valence-electron chi connectivity index (χ1n) is 8.30. The van der Waals surface area contributed by atoms with Crippen molar-refractivity contribution in [3.05, 3.63) is 65.7 Å². The van der Waals surface area contributed by atoms with Crippen LogP contribution in [0.1, 0.15) is 11.1 Å². The second-order valence-corrected chi connectivity index (χ2v) is 6.06. The van der Waals surface area contributed by atoms with Crippen molar-refractivity contribution in [3.8, 4) is 5.75 Å². The van der Waals surface area contributed by atoms with Crippen LogP contribution in [0, 0.1) is 5.92 Å². The van der Waals surface area contributed by atoms with Crippen LogP contribution < -0.4 is 4.74 Å². The van der Waals surface area contributed by atoms with Gasteiger partial charge in [0.15, 0.2) is 0 Å². The number of hydrogen-bond acceptors (Lipinski definition) is 3. The van der Waals surface area contributed by atoms with Gasteiger partial charge in [-0.15, -0.1) is 0 Å². The number of hydrogen-bond donors (Lipinski definition) is 0. The molecule has 24 heavy (non-hydrogen) atoms. The topological polar surface area (TPSA) is 38.8 Å². The van der Waals surface area contributed by atoms with Crippen molar-refractivity contribution in [2.24, 2.45) is 5.92 Å². The lowest BCUT2D eigenvalue weighted by atomic mass is 9.95. The van der Waals surface area contributed by atoms with Crippen molar-refractivity contribution in [1.82, 2.24) is 4.90 Å². The fourth-order valence-electron chi connectivity index (χ4n) is 3.02. The molecule has 1 aliphatic heterocycles. The third kappa shape index (κ3) is 3.95. The molecule has 0 aromatic heterocycles. The summed E-state index contributed by atoms with van der Waals surface area (Å²) < 4.78 is 11.0. The van der Waals surface area contributed by atoms with E-state index in [1.54, 1.807) is 7.11 Å². The number of ether oxygens (including phenoxy) is 2. The monoisotopic (exact) mass is 325 g/mol. The molecule has 4 nitrogen and oxygen atoms in total. The predicted octanol–water partition coefficient (Wildman–Crippen LogP) is 2.91. The Morgan fingerprint density at radius 1 is 1.17 bits per heavy atom. The molecule has 0 aliphatic carbocycles. The molecule has 1 amide bonds. The average molecular weight is 325 g/mol. The molecular weight excluding hydrogens is 302 g/mol. The van der Waals surface area contributed by atoms with Gasteiger partial charge >= 0.3 is 0 Å². The predicted molar refractivity (Wildman–Crippen MR) is 92.9 cm³/mol. The van der Waals surface area contributed by atoms with Gasteiger partial charge in [0.1, 0.15) is 12.4 Å². The summed E-state index contributed by atoms with van der Waals surface area (Å²) in [6, 6.07) is 18.0. The van der Waals surface area contributed by atoms with Gasteiger partial charge in [0.05, 0.1) is 12.5 Å². The molecule has 4 heteroatoms. The zero-order valence-corrected chi connectivity index (χ0v) is 14.0. The molecule has 126 valence electrons. The van der Waals surface area contributed by atoms with Crippen LogP contribution in [-0.2, 0) is 22.5 Å². The Labute approximate surface area is 143 Å². The second kappa shape index (κ2) is 7.97. The van der Waals surface area contributed by atoms with Crippen molar-refractivity contribution >= 4 is 5.91 Å². The van der Waals surface area contributed by atoms with Gasteiger partial charge in [0.25, 0.3) is 0 Å². The smallest absolute Gasteiger partial charge is 0.229 e. The first kappa shape index (κ1) is 16.5. The summed E-state index contributed by atoms with van der Waals surface area (Å²) in [5, 5.41) is 0. The van der Waals surface area contributed by atoms with E-state index in [0.717, 1.165) is 23.3 Å². The molecule has 0 fully saturated rings. The highest BCUT2D eigenvalue weighted by atomic mass is 16.5. The van der Waals surface area contributed by atoms with E-state index < -0.39 is 0 Å². The van der Waals surface area contributed by atoms with Crippen LogP contribution in [0.5, 0.6) is 5.75 Å². The van der Waals surface area contributed by atoms with Crippen LogP contribution >= 0.6 is 0 Å². The number of fused-ring (bicyclic) bond motifs is 1. The Morgan fingerprint density at radius 2 is 1.92 bits per heavy atom. The van der Waals surface area contributed by atoms with E-state index in [0.29, 0.717) is 26.3 Å². The number of carbonyl (C=O) groups is 1. The maximum atomic E-state index is 13.0. The Morgan fingerprint density at radius 3 is 2.71 bits per heavy atom. The number of amides is 1. The van der Waals surface area contributed by atoms with Gasteiger partial charge in [-0.05, 0) is 23.6 Å². The van der Waals surface area contributed by atoms with Crippen LogP contribution in [0.2, 0.25) is 0 Å². The number of para-hydroxylation sites is 1. The highest BCUT2D eigenvalue weighted by Crippen LogP contribution is 2.28. The van der Waals surface area contributed by atoms with E-state index in [1.165, 1.54) is 0 Å². The summed E-state index contributed by atoms with van der Waals surface area (Å²) in [4.78, 5) is 14.9. The van der Waals surface area contributed by atoms with E-state index in [-0.39, 0.29) is 11.8 Å². The highest BCUT2D eigenvalue weighted by Gasteiger charge is 2.29. The Bertz CT molecular complexity index is 672. The Balaban J connectivity index is 1.71. The fraction of sp³-hybridized carbons (Fsp3) is 0.350. The number of rotatable bonds is 6. The lowest BCUT2D eigenvalue weighted by Gasteiger charge is -2.30. The fourth-order valence-corrected chi connectivity index (χ4v) is 3.02. The summed E-state index contributed by atoms with van der Waals surface area (Å²) in [5.41, 5.74) is 2.23. The molecule has 2 aromatic carbocycles. The molecule has 1 unspecified atom stereocenters. The quantitative estimate of drug-likeness (QED) is 0.820. The largest absolute Gasteiger partial charge is 0.492 e. The van der Waals surface area contributed by atoms with Crippen LogP contribution in [0.4, 0.5) is 0 Å². The van der Waals surface area contributed by atoms with E-state index >= 15 is 0 Å². The maximum absolute atomic E-state index is 13.0. The molecule has 0 N–H and O–H groups in total. The van der Waals surface area contributed by atoms with Crippen LogP contribution in [-0.4, -0.2) is 37.7 Å². The standard InChI is InChI=1S/C20H23NO3/c1-23-12-11-21(14-16-7-3-2-4-8-16)20(22)18-13-17-9-5-6-10-19(17)24-15-18/h2-10,18H,11-15H2,1H3. The molecule has 1 atom stereocenters. The van der Waals surface area contributed by atoms with Gasteiger partial charge in [-0.2, -0.15) is 0 Å². The van der Waals surface area contributed by atoms with Gasteiger partial charge in [0, 0.05) is 20.2 Å². The van der Waals surface area contributed by atoms with Crippen molar-refractivity contribution in [2.45, 2.75) is 13.0 Å². The molecule has 0 radical (unpaired) electrons. The third-order valence-electron chi connectivity index (χ3n) is 4.32. The van der Waals surface area contributed by atoms with Gasteiger partial charge in [-0.1, -0.05) is 48.5 Å². The second-order valence-electron chi connectivity index (χ2n) is 6.06. The average Bonchev–Trinajstić information content (AvgIpc) is 2.65. The number of nitrogens with zero attached hydrogens (tertiary/aromatic N) is 1. The minimum Gasteiger partial charge on any atom is -0.492 e. The first-order chi connectivity index (χ1) is 11.8. The van der Waals surface area contributed by atoms with Gasteiger partial charge in [-0.3, -0.25) is 4.79 Å². The van der Waals surface area contributed by atoms with E-state index in [4.69, 9.17) is 9.47 Å². The summed E-state index contributed by atoms with van der Waals surface area (Å²) in [6.45, 7) is 2.15. The molecular formula is C20H23NO3. The number of benzene rings is 2. The van der Waals surface area contributed by atoms with E-state index in [9.17, 15) is 4.79 Å². The first-order valence-corrected chi connectivity index (χ1v) is 8.30. The molecule has 3 rings (SSSR count). The van der Waals surface area contributed by atoms with Crippen LogP contribution in [0.25, 0.3) is 0 Å². The lowest BCUT2D eigenvalue weighted by Crippen LogP contribution is -2.42. The lowest BCUT2D eigenvalue weighted by molar-refractivity contribution is -0.138. The molecule has 0 saturated heterocycles. The van der Waals surface area contributed by atoms with Crippen molar-refractivity contribution in [2.75, 3.05) is 26.9 Å². The van der Waals surface area contributed by atoms with Crippen molar-refractivity contribution in [1.29, 1.82) is 0 Å². The number of methoxy groups -OCH3 is 1. The van der Waals surface area contributed by atoms with E-state index in [1.807, 2.05) is 59.5 Å². The molecule has 0 spiro atoms.